The molecule has 2 N–H and O–H groups in total. The van der Waals surface area contributed by atoms with Crippen molar-refractivity contribution in [2.45, 2.75) is 31.8 Å². The number of carbonyl (C=O) groups excluding carboxylic acids is 1. The number of likely N-dealkylation sites (tertiary alicyclic amines) is 1. The van der Waals surface area contributed by atoms with Crippen LogP contribution in [-0.4, -0.2) is 47.6 Å². The molecule has 1 amide bonds. The number of carboxylic acids is 1. The van der Waals surface area contributed by atoms with Crippen molar-refractivity contribution in [1.82, 2.24) is 10.2 Å². The summed E-state index contributed by atoms with van der Waals surface area (Å²) in [7, 11) is 0. The second-order valence-electron chi connectivity index (χ2n) is 6.46. The van der Waals surface area contributed by atoms with Gasteiger partial charge >= 0.3 is 5.97 Å². The molecule has 6 nitrogen and oxygen atoms in total. The molecule has 0 radical (unpaired) electrons. The lowest BCUT2D eigenvalue weighted by Gasteiger charge is -2.28. The van der Waals surface area contributed by atoms with Crippen LogP contribution in [0.4, 0.5) is 0 Å². The maximum Gasteiger partial charge on any atom is 0.341 e. The first-order valence-electron chi connectivity index (χ1n) is 8.17. The molecule has 0 aromatic heterocycles. The molecule has 1 aromatic rings. The van der Waals surface area contributed by atoms with Crippen LogP contribution in [0.5, 0.6) is 5.75 Å². The first kappa shape index (κ1) is 17.0. The van der Waals surface area contributed by atoms with Crippen molar-refractivity contribution in [1.29, 1.82) is 0 Å². The molecular formula is C17H21ClN2O4. The van der Waals surface area contributed by atoms with Crippen molar-refractivity contribution in [3.8, 4) is 5.75 Å². The summed E-state index contributed by atoms with van der Waals surface area (Å²) in [5, 5.41) is 12.5. The first-order valence-corrected chi connectivity index (χ1v) is 8.55. The maximum absolute atomic E-state index is 12.1. The molecule has 130 valence electrons. The van der Waals surface area contributed by atoms with Gasteiger partial charge in [-0.05, 0) is 31.0 Å². The largest absolute Gasteiger partial charge is 0.482 e. The zero-order valence-electron chi connectivity index (χ0n) is 13.3. The predicted molar refractivity (Wildman–Crippen MR) is 89.1 cm³/mol. The molecular weight excluding hydrogens is 332 g/mol. The number of benzene rings is 1. The second kappa shape index (κ2) is 7.40. The minimum absolute atomic E-state index is 0.0140. The Balaban J connectivity index is 1.76. The van der Waals surface area contributed by atoms with Crippen molar-refractivity contribution in [3.05, 3.63) is 28.8 Å². The first-order chi connectivity index (χ1) is 11.5. The number of nitrogens with one attached hydrogen (secondary N) is 1. The van der Waals surface area contributed by atoms with E-state index in [1.807, 2.05) is 0 Å². The van der Waals surface area contributed by atoms with Crippen LogP contribution in [0.2, 0.25) is 5.02 Å². The third-order valence-corrected chi connectivity index (χ3v) is 4.78. The number of ether oxygens (including phenoxy) is 1. The number of amides is 1. The minimum atomic E-state index is -1.02. The lowest BCUT2D eigenvalue weighted by atomic mass is 9.99. The van der Waals surface area contributed by atoms with Crippen molar-refractivity contribution < 1.29 is 19.4 Å². The van der Waals surface area contributed by atoms with Gasteiger partial charge in [0.2, 0.25) is 5.91 Å². The Morgan fingerprint density at radius 2 is 2.21 bits per heavy atom. The van der Waals surface area contributed by atoms with Crippen LogP contribution in [-0.2, 0) is 16.1 Å². The van der Waals surface area contributed by atoms with Gasteiger partial charge < -0.3 is 15.2 Å². The molecule has 2 fully saturated rings. The Morgan fingerprint density at radius 3 is 3.00 bits per heavy atom. The van der Waals surface area contributed by atoms with E-state index in [0.717, 1.165) is 31.4 Å². The van der Waals surface area contributed by atoms with Gasteiger partial charge in [-0.1, -0.05) is 18.0 Å². The smallest absolute Gasteiger partial charge is 0.341 e. The highest BCUT2D eigenvalue weighted by Gasteiger charge is 2.32. The highest BCUT2D eigenvalue weighted by molar-refractivity contribution is 6.30. The molecule has 1 aromatic carbocycles. The number of aliphatic carboxylic acids is 1. The van der Waals surface area contributed by atoms with Gasteiger partial charge in [0.15, 0.2) is 6.61 Å². The number of fused-ring (bicyclic) bond motifs is 3. The molecule has 0 unspecified atom stereocenters. The van der Waals surface area contributed by atoms with E-state index < -0.39 is 5.97 Å². The number of carboxylic acid groups (broad SMARTS) is 1. The fourth-order valence-corrected chi connectivity index (χ4v) is 3.66. The molecule has 0 saturated carbocycles. The quantitative estimate of drug-likeness (QED) is 0.846. The zero-order valence-corrected chi connectivity index (χ0v) is 14.1. The minimum Gasteiger partial charge on any atom is -0.482 e. The molecule has 7 heteroatoms. The van der Waals surface area contributed by atoms with Crippen LogP contribution in [0.25, 0.3) is 0 Å². The van der Waals surface area contributed by atoms with Gasteiger partial charge in [-0.25, -0.2) is 4.79 Å². The summed E-state index contributed by atoms with van der Waals surface area (Å²) in [5.41, 5.74) is 0.844. The highest BCUT2D eigenvalue weighted by Crippen LogP contribution is 2.27. The lowest BCUT2D eigenvalue weighted by Crippen LogP contribution is -2.38. The van der Waals surface area contributed by atoms with E-state index in [1.54, 1.807) is 18.2 Å². The summed E-state index contributed by atoms with van der Waals surface area (Å²) in [4.78, 5) is 25.1. The van der Waals surface area contributed by atoms with Gasteiger partial charge in [-0.15, -0.1) is 0 Å². The van der Waals surface area contributed by atoms with Crippen molar-refractivity contribution in [2.75, 3.05) is 19.7 Å². The fourth-order valence-electron chi connectivity index (χ4n) is 3.46. The lowest BCUT2D eigenvalue weighted by molar-refractivity contribution is -0.139. The van der Waals surface area contributed by atoms with Crippen molar-refractivity contribution in [2.24, 2.45) is 5.92 Å². The van der Waals surface area contributed by atoms with Gasteiger partial charge in [0.1, 0.15) is 5.75 Å². The van der Waals surface area contributed by atoms with Gasteiger partial charge in [0, 0.05) is 36.3 Å². The van der Waals surface area contributed by atoms with E-state index in [2.05, 4.69) is 10.2 Å². The van der Waals surface area contributed by atoms with Gasteiger partial charge in [-0.2, -0.15) is 0 Å². The predicted octanol–water partition coefficient (Wildman–Crippen LogP) is 1.90. The summed E-state index contributed by atoms with van der Waals surface area (Å²) in [6.45, 7) is 1.68. The van der Waals surface area contributed by atoms with Gasteiger partial charge in [-0.3, -0.25) is 9.69 Å². The number of carbonyl (C=O) groups is 2. The van der Waals surface area contributed by atoms with E-state index in [9.17, 15) is 9.59 Å². The molecule has 2 aliphatic heterocycles. The number of hydrogen-bond donors (Lipinski definition) is 2. The second-order valence-corrected chi connectivity index (χ2v) is 6.90. The highest BCUT2D eigenvalue weighted by atomic mass is 35.5. The Kier molecular flexibility index (Phi) is 5.26. The number of nitrogens with zero attached hydrogens (tertiary/aromatic N) is 1. The summed E-state index contributed by atoms with van der Waals surface area (Å²) in [5.74, 6) is -0.334. The molecule has 2 aliphatic rings. The monoisotopic (exact) mass is 352 g/mol. The molecule has 0 spiro atoms. The number of halogens is 1. The van der Waals surface area contributed by atoms with Crippen molar-refractivity contribution in [3.63, 3.8) is 0 Å². The maximum atomic E-state index is 12.1. The van der Waals surface area contributed by atoms with Gasteiger partial charge in [0.05, 0.1) is 5.92 Å². The Labute approximate surface area is 145 Å². The Bertz CT molecular complexity index is 637. The van der Waals surface area contributed by atoms with E-state index in [4.69, 9.17) is 21.4 Å². The van der Waals surface area contributed by atoms with E-state index in [-0.39, 0.29) is 24.5 Å². The normalized spacial score (nSPS) is 24.1. The molecule has 0 aliphatic carbocycles. The molecule has 3 rings (SSSR count). The van der Waals surface area contributed by atoms with Crippen LogP contribution in [0, 0.1) is 5.92 Å². The third kappa shape index (κ3) is 4.19. The topological polar surface area (TPSA) is 78.9 Å². The number of hydrogen-bond acceptors (Lipinski definition) is 4. The van der Waals surface area contributed by atoms with Crippen LogP contribution < -0.4 is 10.1 Å². The fraction of sp³-hybridized carbons (Fsp3) is 0.529. The van der Waals surface area contributed by atoms with Crippen molar-refractivity contribution >= 4 is 23.5 Å². The zero-order chi connectivity index (χ0) is 17.1. The van der Waals surface area contributed by atoms with Crippen LogP contribution >= 0.6 is 11.6 Å². The summed E-state index contributed by atoms with van der Waals surface area (Å²) < 4.78 is 5.37. The van der Waals surface area contributed by atoms with Crippen LogP contribution in [0.3, 0.4) is 0 Å². The molecule has 2 saturated heterocycles. The Hall–Kier alpha value is -1.79. The summed E-state index contributed by atoms with van der Waals surface area (Å²) >= 11 is 6.09. The van der Waals surface area contributed by atoms with E-state index >= 15 is 0 Å². The van der Waals surface area contributed by atoms with E-state index in [0.29, 0.717) is 23.9 Å². The van der Waals surface area contributed by atoms with E-state index in [1.165, 1.54) is 0 Å². The van der Waals surface area contributed by atoms with Gasteiger partial charge in [0.25, 0.3) is 0 Å². The summed E-state index contributed by atoms with van der Waals surface area (Å²) in [6, 6.07) is 5.36. The molecule has 24 heavy (non-hydrogen) atoms. The standard InChI is InChI=1S/C17H21ClN2O4/c18-13-4-5-15(24-10-16(21)22)12(6-13)8-20-7-11-2-1-3-14(9-20)19-17(11)23/h4-6,11,14H,1-3,7-10H2,(H,19,23)(H,21,22)/t11-,14+/m1/s1. The molecule has 2 heterocycles. The molecule has 2 bridgehead atoms. The summed E-state index contributed by atoms with van der Waals surface area (Å²) in [6.07, 6.45) is 2.99. The van der Waals surface area contributed by atoms with Crippen LogP contribution in [0.15, 0.2) is 18.2 Å². The molecule has 2 atom stereocenters. The van der Waals surface area contributed by atoms with Crippen LogP contribution in [0.1, 0.15) is 24.8 Å². The Morgan fingerprint density at radius 1 is 1.38 bits per heavy atom. The SMILES string of the molecule is O=C(O)COc1ccc(Cl)cc1CN1C[C@@H]2CCC[C@H](C1)C(=O)N2. The number of rotatable bonds is 5. The average molecular weight is 353 g/mol. The average Bonchev–Trinajstić information content (AvgIpc) is 2.75. The third-order valence-electron chi connectivity index (χ3n) is 4.55.